The Morgan fingerprint density at radius 2 is 1.70 bits per heavy atom. The van der Waals surface area contributed by atoms with E-state index in [9.17, 15) is 23.1 Å². The monoisotopic (exact) mass is 551 g/mol. The maximum Gasteiger partial charge on any atom is 0.417 e. The molecule has 1 N–H and O–H groups in total. The molecule has 1 unspecified atom stereocenters. The van der Waals surface area contributed by atoms with Gasteiger partial charge in [0.25, 0.3) is 0 Å². The quantitative estimate of drug-likeness (QED) is 0.248. The van der Waals surface area contributed by atoms with Crippen LogP contribution in [-0.2, 0) is 22.3 Å². The lowest BCUT2D eigenvalue weighted by Crippen LogP contribution is -2.46. The van der Waals surface area contributed by atoms with Gasteiger partial charge in [0.15, 0.2) is 0 Å². The minimum Gasteiger partial charge on any atom is -0.508 e. The summed E-state index contributed by atoms with van der Waals surface area (Å²) in [5.41, 5.74) is 2.25. The molecular weight excluding hydrogens is 515 g/mol. The highest BCUT2D eigenvalue weighted by Crippen LogP contribution is 2.38. The van der Waals surface area contributed by atoms with Crippen LogP contribution in [-0.4, -0.2) is 34.2 Å². The molecule has 1 fully saturated rings. The van der Waals surface area contributed by atoms with Crippen molar-refractivity contribution < 1.29 is 27.8 Å². The molecule has 1 heterocycles. The molecule has 0 saturated carbocycles. The first-order valence-electron chi connectivity index (χ1n) is 13.6. The third-order valence-electron chi connectivity index (χ3n) is 7.13. The molecular formula is C33H36F3NO3. The largest absolute Gasteiger partial charge is 0.508 e. The number of esters is 1. The van der Waals surface area contributed by atoms with Crippen LogP contribution in [0.25, 0.3) is 23.3 Å². The zero-order chi connectivity index (χ0) is 29.1. The van der Waals surface area contributed by atoms with Crippen molar-refractivity contribution in [2.75, 3.05) is 6.54 Å². The second kappa shape index (κ2) is 11.9. The van der Waals surface area contributed by atoms with E-state index in [0.29, 0.717) is 13.0 Å². The molecule has 0 bridgehead atoms. The van der Waals surface area contributed by atoms with Crippen molar-refractivity contribution in [3.63, 3.8) is 0 Å². The summed E-state index contributed by atoms with van der Waals surface area (Å²) < 4.78 is 48.2. The molecule has 1 atom stereocenters. The smallest absolute Gasteiger partial charge is 0.417 e. The van der Waals surface area contributed by atoms with Crippen LogP contribution in [0.1, 0.15) is 67.9 Å². The summed E-state index contributed by atoms with van der Waals surface area (Å²) >= 11 is 0. The third kappa shape index (κ3) is 7.13. The van der Waals surface area contributed by atoms with Gasteiger partial charge in [0, 0.05) is 12.1 Å². The first-order chi connectivity index (χ1) is 18.8. The maximum absolute atomic E-state index is 14.2. The normalized spacial score (nSPS) is 16.8. The average Bonchev–Trinajstić information content (AvgIpc) is 2.88. The third-order valence-corrected chi connectivity index (χ3v) is 7.13. The van der Waals surface area contributed by atoms with E-state index in [4.69, 9.17) is 4.74 Å². The molecule has 0 radical (unpaired) electrons. The zero-order valence-corrected chi connectivity index (χ0v) is 23.4. The standard InChI is InChI=1S/C33H36F3NO3/c1-22-23(13-10-14-27(22)24-11-6-5-7-12-24)16-17-25-20-30(38)26(19-28(25)33(34,35)36)21-37-18-9-8-15-29(37)31(39)40-32(2,3)4/h5-7,10-14,16-17,19-20,29,38H,8-9,15,18,21H2,1-4H3/b17-16+. The first kappa shape index (κ1) is 29.4. The number of phenols is 1. The van der Waals surface area contributed by atoms with E-state index in [-0.39, 0.29) is 23.4 Å². The Kier molecular flexibility index (Phi) is 8.74. The Morgan fingerprint density at radius 3 is 2.38 bits per heavy atom. The fraction of sp³-hybridized carbons (Fsp3) is 0.364. The van der Waals surface area contributed by atoms with Crippen LogP contribution < -0.4 is 0 Å². The number of halogens is 3. The summed E-state index contributed by atoms with van der Waals surface area (Å²) in [7, 11) is 0. The SMILES string of the molecule is Cc1c(/C=C/c2cc(O)c(CN3CCCCC3C(=O)OC(C)(C)C)cc2C(F)(F)F)cccc1-c1ccccc1. The Hall–Kier alpha value is -3.58. The van der Waals surface area contributed by atoms with Gasteiger partial charge in [-0.15, -0.1) is 0 Å². The highest BCUT2D eigenvalue weighted by Gasteiger charge is 2.36. The van der Waals surface area contributed by atoms with Crippen molar-refractivity contribution in [2.24, 2.45) is 0 Å². The van der Waals surface area contributed by atoms with Gasteiger partial charge in [-0.2, -0.15) is 13.2 Å². The van der Waals surface area contributed by atoms with Crippen molar-refractivity contribution in [3.8, 4) is 16.9 Å². The molecule has 1 aliphatic rings. The molecule has 7 heteroatoms. The van der Waals surface area contributed by atoms with Crippen molar-refractivity contribution in [2.45, 2.75) is 71.3 Å². The predicted octanol–water partition coefficient (Wildman–Crippen LogP) is 8.25. The topological polar surface area (TPSA) is 49.8 Å². The van der Waals surface area contributed by atoms with Crippen LogP contribution in [0.4, 0.5) is 13.2 Å². The van der Waals surface area contributed by atoms with Crippen molar-refractivity contribution in [1.29, 1.82) is 0 Å². The van der Waals surface area contributed by atoms with Crippen LogP contribution in [0.3, 0.4) is 0 Å². The molecule has 0 aliphatic carbocycles. The molecule has 3 aromatic rings. The van der Waals surface area contributed by atoms with E-state index >= 15 is 0 Å². The number of ether oxygens (including phenoxy) is 1. The number of carbonyl (C=O) groups excluding carboxylic acids is 1. The zero-order valence-electron chi connectivity index (χ0n) is 23.4. The number of phenolic OH excluding ortho intramolecular Hbond substituents is 1. The molecule has 40 heavy (non-hydrogen) atoms. The van der Waals surface area contributed by atoms with E-state index in [2.05, 4.69) is 0 Å². The molecule has 1 aliphatic heterocycles. The fourth-order valence-corrected chi connectivity index (χ4v) is 5.14. The minimum absolute atomic E-state index is 0.0149. The number of hydrogen-bond acceptors (Lipinski definition) is 4. The van der Waals surface area contributed by atoms with Gasteiger partial charge >= 0.3 is 12.1 Å². The lowest BCUT2D eigenvalue weighted by molar-refractivity contribution is -0.163. The lowest BCUT2D eigenvalue weighted by atomic mass is 9.95. The molecule has 212 valence electrons. The Morgan fingerprint density at radius 1 is 1.00 bits per heavy atom. The van der Waals surface area contributed by atoms with Crippen molar-refractivity contribution >= 4 is 18.1 Å². The summed E-state index contributed by atoms with van der Waals surface area (Å²) in [6.45, 7) is 7.83. The second-order valence-corrected chi connectivity index (χ2v) is 11.3. The summed E-state index contributed by atoms with van der Waals surface area (Å²) in [6.07, 6.45) is 0.616. The van der Waals surface area contributed by atoms with Gasteiger partial charge in [-0.25, -0.2) is 0 Å². The number of alkyl halides is 3. The van der Waals surface area contributed by atoms with E-state index in [1.807, 2.05) is 55.5 Å². The van der Waals surface area contributed by atoms with Gasteiger partial charge in [0.2, 0.25) is 0 Å². The van der Waals surface area contributed by atoms with E-state index < -0.39 is 29.4 Å². The Labute approximate surface area is 234 Å². The average molecular weight is 552 g/mol. The van der Waals surface area contributed by atoms with Gasteiger partial charge in [0.1, 0.15) is 17.4 Å². The van der Waals surface area contributed by atoms with Crippen molar-refractivity contribution in [3.05, 3.63) is 88.5 Å². The van der Waals surface area contributed by atoms with Gasteiger partial charge < -0.3 is 9.84 Å². The minimum atomic E-state index is -4.63. The second-order valence-electron chi connectivity index (χ2n) is 11.3. The summed E-state index contributed by atoms with van der Waals surface area (Å²) in [5, 5.41) is 10.8. The number of nitrogens with zero attached hydrogens (tertiary/aromatic N) is 1. The highest BCUT2D eigenvalue weighted by atomic mass is 19.4. The number of likely N-dealkylation sites (tertiary alicyclic amines) is 1. The number of aromatic hydroxyl groups is 1. The fourth-order valence-electron chi connectivity index (χ4n) is 5.14. The van der Waals surface area contributed by atoms with Crippen LogP contribution in [0, 0.1) is 6.92 Å². The van der Waals surface area contributed by atoms with Gasteiger partial charge in [-0.1, -0.05) is 67.1 Å². The number of hydrogen-bond donors (Lipinski definition) is 1. The number of benzene rings is 3. The summed E-state index contributed by atoms with van der Waals surface area (Å²) in [4.78, 5) is 14.6. The number of rotatable bonds is 6. The maximum atomic E-state index is 14.2. The van der Waals surface area contributed by atoms with Crippen LogP contribution >= 0.6 is 0 Å². The van der Waals surface area contributed by atoms with Crippen LogP contribution in [0.2, 0.25) is 0 Å². The molecule has 1 saturated heterocycles. The van der Waals surface area contributed by atoms with Crippen LogP contribution in [0.15, 0.2) is 60.7 Å². The van der Waals surface area contributed by atoms with Crippen molar-refractivity contribution in [1.82, 2.24) is 4.90 Å². The molecule has 4 rings (SSSR count). The van der Waals surface area contributed by atoms with Gasteiger partial charge in [-0.3, -0.25) is 9.69 Å². The predicted molar refractivity (Wildman–Crippen MR) is 153 cm³/mol. The number of piperidine rings is 1. The van der Waals surface area contributed by atoms with Gasteiger partial charge in [0.05, 0.1) is 5.56 Å². The first-order valence-corrected chi connectivity index (χ1v) is 13.6. The van der Waals surface area contributed by atoms with E-state index in [1.54, 1.807) is 31.7 Å². The lowest BCUT2D eigenvalue weighted by Gasteiger charge is -2.36. The molecule has 0 amide bonds. The van der Waals surface area contributed by atoms with Crippen LogP contribution in [0.5, 0.6) is 5.75 Å². The molecule has 4 nitrogen and oxygen atoms in total. The summed E-state index contributed by atoms with van der Waals surface area (Å²) in [5.74, 6) is -0.633. The number of carbonyl (C=O) groups is 1. The highest BCUT2D eigenvalue weighted by molar-refractivity contribution is 5.79. The summed E-state index contributed by atoms with van der Waals surface area (Å²) in [6, 6.07) is 17.1. The Bertz CT molecular complexity index is 1370. The molecule has 3 aromatic carbocycles. The Balaban J connectivity index is 1.64. The van der Waals surface area contributed by atoms with E-state index in [0.717, 1.165) is 47.2 Å². The molecule has 0 spiro atoms. The van der Waals surface area contributed by atoms with Gasteiger partial charge in [-0.05, 0) is 87.0 Å². The molecule has 0 aromatic heterocycles. The van der Waals surface area contributed by atoms with E-state index in [1.165, 1.54) is 6.08 Å².